The Labute approximate surface area is 114 Å². The lowest BCUT2D eigenvalue weighted by molar-refractivity contribution is 0.0601. The van der Waals surface area contributed by atoms with Gasteiger partial charge in [-0.25, -0.2) is 4.98 Å². The number of rotatable bonds is 2. The first-order chi connectivity index (χ1) is 9.22. The van der Waals surface area contributed by atoms with E-state index in [1.54, 1.807) is 0 Å². The second kappa shape index (κ2) is 6.06. The van der Waals surface area contributed by atoms with E-state index in [9.17, 15) is 5.11 Å². The van der Waals surface area contributed by atoms with Gasteiger partial charge in [-0.1, -0.05) is 13.8 Å². The number of pyridine rings is 1. The van der Waals surface area contributed by atoms with Crippen LogP contribution in [0.15, 0.2) is 24.5 Å². The van der Waals surface area contributed by atoms with Crippen molar-refractivity contribution < 1.29 is 9.84 Å². The lowest BCUT2D eigenvalue weighted by atomic mass is 10.2. The number of fused-ring (bicyclic) bond motifs is 1. The number of aliphatic hydroxyl groups excluding tert-OH is 1. The fraction of sp³-hybridized carbons (Fsp3) is 0.533. The molecule has 2 heterocycles. The van der Waals surface area contributed by atoms with Gasteiger partial charge in [-0.15, -0.1) is 0 Å². The maximum absolute atomic E-state index is 9.72. The minimum atomic E-state index is -0.324. The van der Waals surface area contributed by atoms with Crippen LogP contribution in [0.4, 0.5) is 0 Å². The van der Waals surface area contributed by atoms with Crippen molar-refractivity contribution in [2.45, 2.75) is 52.2 Å². The van der Waals surface area contributed by atoms with E-state index in [0.717, 1.165) is 36.4 Å². The van der Waals surface area contributed by atoms with Crippen molar-refractivity contribution >= 4 is 5.65 Å². The molecule has 0 bridgehead atoms. The Balaban J connectivity index is 0.000000637. The zero-order chi connectivity index (χ0) is 13.8. The molecule has 0 saturated heterocycles. The number of aliphatic hydroxyl groups is 1. The van der Waals surface area contributed by atoms with E-state index >= 15 is 0 Å². The summed E-state index contributed by atoms with van der Waals surface area (Å²) in [5.74, 6) is 0.792. The molecule has 4 nitrogen and oxygen atoms in total. The summed E-state index contributed by atoms with van der Waals surface area (Å²) >= 11 is 0. The summed E-state index contributed by atoms with van der Waals surface area (Å²) in [5.41, 5.74) is 1.91. The molecule has 1 saturated carbocycles. The highest BCUT2D eigenvalue weighted by atomic mass is 16.5. The third-order valence-electron chi connectivity index (χ3n) is 3.25. The summed E-state index contributed by atoms with van der Waals surface area (Å²) in [6.07, 6.45) is 6.32. The van der Waals surface area contributed by atoms with Gasteiger partial charge in [0.15, 0.2) is 0 Å². The first-order valence-electron chi connectivity index (χ1n) is 7.02. The van der Waals surface area contributed by atoms with Crippen LogP contribution >= 0.6 is 0 Å². The van der Waals surface area contributed by atoms with Gasteiger partial charge in [-0.3, -0.25) is 0 Å². The molecule has 0 spiro atoms. The zero-order valence-corrected chi connectivity index (χ0v) is 11.8. The molecule has 2 atom stereocenters. The fourth-order valence-corrected chi connectivity index (χ4v) is 2.39. The Hall–Kier alpha value is -1.55. The highest BCUT2D eigenvalue weighted by Crippen LogP contribution is 2.24. The molecule has 0 aromatic carbocycles. The molecule has 1 N–H and O–H groups in total. The van der Waals surface area contributed by atoms with E-state index in [0.29, 0.717) is 0 Å². The van der Waals surface area contributed by atoms with Crippen molar-refractivity contribution in [3.05, 3.63) is 30.2 Å². The number of imidazole rings is 1. The van der Waals surface area contributed by atoms with E-state index in [2.05, 4.69) is 4.98 Å². The number of hydrogen-bond donors (Lipinski definition) is 1. The summed E-state index contributed by atoms with van der Waals surface area (Å²) < 4.78 is 7.76. The first kappa shape index (κ1) is 13.9. The van der Waals surface area contributed by atoms with E-state index in [-0.39, 0.29) is 12.2 Å². The Morgan fingerprint density at radius 1 is 1.26 bits per heavy atom. The highest BCUT2D eigenvalue weighted by molar-refractivity contribution is 5.42. The van der Waals surface area contributed by atoms with Gasteiger partial charge in [0.25, 0.3) is 0 Å². The average molecular weight is 262 g/mol. The molecule has 2 aromatic rings. The lowest BCUT2D eigenvalue weighted by Crippen LogP contribution is -2.25. The molecule has 3 rings (SSSR count). The average Bonchev–Trinajstić information content (AvgIpc) is 2.97. The van der Waals surface area contributed by atoms with Crippen LogP contribution in [0.5, 0.6) is 5.75 Å². The van der Waals surface area contributed by atoms with Crippen LogP contribution in [-0.4, -0.2) is 26.7 Å². The normalized spacial score (nSPS) is 22.1. The van der Waals surface area contributed by atoms with Crippen LogP contribution in [0.1, 0.15) is 38.8 Å². The first-order valence-corrected chi connectivity index (χ1v) is 7.02. The molecule has 1 aliphatic carbocycles. The van der Waals surface area contributed by atoms with E-state index in [4.69, 9.17) is 4.74 Å². The smallest absolute Gasteiger partial charge is 0.137 e. The maximum atomic E-state index is 9.72. The Kier molecular flexibility index (Phi) is 4.43. The monoisotopic (exact) mass is 262 g/mol. The van der Waals surface area contributed by atoms with E-state index in [1.165, 1.54) is 0 Å². The predicted octanol–water partition coefficient (Wildman–Crippen LogP) is 2.96. The molecule has 0 radical (unpaired) electrons. The van der Waals surface area contributed by atoms with Gasteiger partial charge in [0, 0.05) is 6.20 Å². The minimum absolute atomic E-state index is 0.0583. The molecule has 19 heavy (non-hydrogen) atoms. The van der Waals surface area contributed by atoms with Crippen molar-refractivity contribution in [2.24, 2.45) is 0 Å². The molecule has 1 aliphatic rings. The topological polar surface area (TPSA) is 46.8 Å². The van der Waals surface area contributed by atoms with Crippen LogP contribution in [0, 0.1) is 6.92 Å². The van der Waals surface area contributed by atoms with Crippen LogP contribution in [0.25, 0.3) is 5.65 Å². The summed E-state index contributed by atoms with van der Waals surface area (Å²) in [4.78, 5) is 4.36. The summed E-state index contributed by atoms with van der Waals surface area (Å²) in [5, 5.41) is 9.72. The SMILES string of the molecule is CC.Cc1cn2cc(OC3CCCC3O)ccc2n1. The second-order valence-corrected chi connectivity index (χ2v) is 4.67. The quantitative estimate of drug-likeness (QED) is 0.905. The highest BCUT2D eigenvalue weighted by Gasteiger charge is 2.26. The molecule has 0 amide bonds. The van der Waals surface area contributed by atoms with Gasteiger partial charge in [0.1, 0.15) is 17.5 Å². The van der Waals surface area contributed by atoms with Crippen LogP contribution in [0.3, 0.4) is 0 Å². The fourth-order valence-electron chi connectivity index (χ4n) is 2.39. The van der Waals surface area contributed by atoms with Crippen molar-refractivity contribution in [1.29, 1.82) is 0 Å². The minimum Gasteiger partial charge on any atom is -0.486 e. The number of aromatic nitrogens is 2. The van der Waals surface area contributed by atoms with Crippen molar-refractivity contribution in [1.82, 2.24) is 9.38 Å². The van der Waals surface area contributed by atoms with Gasteiger partial charge < -0.3 is 14.2 Å². The maximum Gasteiger partial charge on any atom is 0.137 e. The number of ether oxygens (including phenoxy) is 1. The molecular formula is C15H22N2O2. The second-order valence-electron chi connectivity index (χ2n) is 4.67. The Morgan fingerprint density at radius 3 is 2.74 bits per heavy atom. The molecule has 2 aromatic heterocycles. The Bertz CT molecular complexity index is 536. The molecule has 4 heteroatoms. The van der Waals surface area contributed by atoms with Crippen LogP contribution < -0.4 is 4.74 Å². The largest absolute Gasteiger partial charge is 0.486 e. The molecule has 0 aliphatic heterocycles. The molecular weight excluding hydrogens is 240 g/mol. The van der Waals surface area contributed by atoms with Gasteiger partial charge in [-0.2, -0.15) is 0 Å². The molecule has 1 fully saturated rings. The van der Waals surface area contributed by atoms with Crippen molar-refractivity contribution in [3.8, 4) is 5.75 Å². The number of aryl methyl sites for hydroxylation is 1. The molecule has 2 unspecified atom stereocenters. The van der Waals surface area contributed by atoms with Crippen LogP contribution in [0.2, 0.25) is 0 Å². The zero-order valence-electron chi connectivity index (χ0n) is 11.8. The van der Waals surface area contributed by atoms with Gasteiger partial charge >= 0.3 is 0 Å². The predicted molar refractivity (Wildman–Crippen MR) is 75.6 cm³/mol. The van der Waals surface area contributed by atoms with Gasteiger partial charge in [0.05, 0.1) is 18.0 Å². The molecule has 104 valence electrons. The third kappa shape index (κ3) is 3.07. The standard InChI is InChI=1S/C13H16N2O2.C2H6/c1-9-7-15-8-10(5-6-13(15)14-9)17-12-4-2-3-11(12)16;1-2/h5-8,11-12,16H,2-4H2,1H3;1-2H3. The number of nitrogens with zero attached hydrogens (tertiary/aromatic N) is 2. The van der Waals surface area contributed by atoms with Crippen molar-refractivity contribution in [3.63, 3.8) is 0 Å². The van der Waals surface area contributed by atoms with Crippen LogP contribution in [-0.2, 0) is 0 Å². The summed E-state index contributed by atoms with van der Waals surface area (Å²) in [6, 6.07) is 3.84. The van der Waals surface area contributed by atoms with E-state index < -0.39 is 0 Å². The summed E-state index contributed by atoms with van der Waals surface area (Å²) in [6.45, 7) is 5.97. The lowest BCUT2D eigenvalue weighted by Gasteiger charge is -2.16. The van der Waals surface area contributed by atoms with Gasteiger partial charge in [0.2, 0.25) is 0 Å². The Morgan fingerprint density at radius 2 is 2.05 bits per heavy atom. The van der Waals surface area contributed by atoms with E-state index in [1.807, 2.05) is 49.7 Å². The third-order valence-corrected chi connectivity index (χ3v) is 3.25. The van der Waals surface area contributed by atoms with Gasteiger partial charge in [-0.05, 0) is 38.3 Å². The summed E-state index contributed by atoms with van der Waals surface area (Å²) in [7, 11) is 0. The number of hydrogen-bond acceptors (Lipinski definition) is 3. The van der Waals surface area contributed by atoms with Crippen molar-refractivity contribution in [2.75, 3.05) is 0 Å².